The molecule has 19 heavy (non-hydrogen) atoms. The first-order valence-electron chi connectivity index (χ1n) is 5.97. The fourth-order valence-corrected chi connectivity index (χ4v) is 1.67. The number of carbonyl (C=O) groups is 1. The van der Waals surface area contributed by atoms with Gasteiger partial charge in [0.05, 0.1) is 12.8 Å². The lowest BCUT2D eigenvalue weighted by Crippen LogP contribution is -2.19. The van der Waals surface area contributed by atoms with Gasteiger partial charge in [-0.1, -0.05) is 29.8 Å². The number of ether oxygens (including phenoxy) is 1. The molecule has 0 atom stereocenters. The van der Waals surface area contributed by atoms with Crippen molar-refractivity contribution in [2.45, 2.75) is 6.92 Å². The molecule has 2 aromatic rings. The first-order chi connectivity index (χ1) is 9.19. The van der Waals surface area contributed by atoms with Crippen LogP contribution in [0.15, 0.2) is 48.5 Å². The smallest absolute Gasteiger partial charge is 0.323 e. The van der Waals surface area contributed by atoms with Crippen molar-refractivity contribution in [2.75, 3.05) is 17.7 Å². The summed E-state index contributed by atoms with van der Waals surface area (Å²) >= 11 is 0. The number of methoxy groups -OCH3 is 1. The zero-order valence-electron chi connectivity index (χ0n) is 10.9. The largest absolute Gasteiger partial charge is 0.495 e. The number of anilines is 2. The van der Waals surface area contributed by atoms with Gasteiger partial charge in [-0.2, -0.15) is 0 Å². The van der Waals surface area contributed by atoms with Crippen LogP contribution < -0.4 is 15.4 Å². The van der Waals surface area contributed by atoms with E-state index in [4.69, 9.17) is 4.74 Å². The van der Waals surface area contributed by atoms with Crippen molar-refractivity contribution in [3.8, 4) is 5.75 Å². The van der Waals surface area contributed by atoms with Crippen LogP contribution in [0, 0.1) is 6.92 Å². The lowest BCUT2D eigenvalue weighted by molar-refractivity contribution is 0.262. The van der Waals surface area contributed by atoms with E-state index in [-0.39, 0.29) is 6.03 Å². The Morgan fingerprint density at radius 3 is 2.37 bits per heavy atom. The molecule has 2 N–H and O–H groups in total. The lowest BCUT2D eigenvalue weighted by Gasteiger charge is -2.11. The van der Waals surface area contributed by atoms with Crippen molar-refractivity contribution in [1.82, 2.24) is 0 Å². The summed E-state index contributed by atoms with van der Waals surface area (Å²) in [5.74, 6) is 0.626. The second kappa shape index (κ2) is 5.91. The predicted octanol–water partition coefficient (Wildman–Crippen LogP) is 3.65. The Bertz CT molecular complexity index is 565. The average Bonchev–Trinajstić information content (AvgIpc) is 2.42. The predicted molar refractivity (Wildman–Crippen MR) is 76.8 cm³/mol. The number of carbonyl (C=O) groups excluding carboxylic acids is 1. The van der Waals surface area contributed by atoms with Crippen molar-refractivity contribution >= 4 is 17.4 Å². The summed E-state index contributed by atoms with van der Waals surface area (Å²) in [6.45, 7) is 2.00. The Labute approximate surface area is 112 Å². The maximum Gasteiger partial charge on any atom is 0.323 e. The Kier molecular flexibility index (Phi) is 4.03. The number of hydrogen-bond donors (Lipinski definition) is 2. The summed E-state index contributed by atoms with van der Waals surface area (Å²) in [5.41, 5.74) is 2.53. The monoisotopic (exact) mass is 256 g/mol. The minimum atomic E-state index is -0.298. The summed E-state index contributed by atoms with van der Waals surface area (Å²) < 4.78 is 5.17. The maximum absolute atomic E-state index is 11.9. The van der Waals surface area contributed by atoms with Gasteiger partial charge in [0.2, 0.25) is 0 Å². The van der Waals surface area contributed by atoms with Gasteiger partial charge in [-0.05, 0) is 31.2 Å². The lowest BCUT2D eigenvalue weighted by atomic mass is 10.2. The molecule has 2 amide bonds. The van der Waals surface area contributed by atoms with E-state index in [1.54, 1.807) is 19.2 Å². The molecule has 4 heteroatoms. The van der Waals surface area contributed by atoms with Gasteiger partial charge in [0, 0.05) is 5.69 Å². The third-order valence-electron chi connectivity index (χ3n) is 2.66. The molecule has 0 aromatic heterocycles. The number of para-hydroxylation sites is 2. The normalized spacial score (nSPS) is 9.79. The molecule has 0 spiro atoms. The molecule has 0 saturated heterocycles. The third-order valence-corrected chi connectivity index (χ3v) is 2.66. The van der Waals surface area contributed by atoms with Gasteiger partial charge >= 0.3 is 6.03 Å². The molecular weight excluding hydrogens is 240 g/mol. The van der Waals surface area contributed by atoms with E-state index in [1.165, 1.54) is 0 Å². The van der Waals surface area contributed by atoms with Crippen molar-refractivity contribution in [3.05, 3.63) is 54.1 Å². The quantitative estimate of drug-likeness (QED) is 0.880. The highest BCUT2D eigenvalue weighted by molar-refractivity contribution is 6.00. The number of amides is 2. The molecule has 2 rings (SSSR count). The Morgan fingerprint density at radius 1 is 1.00 bits per heavy atom. The molecule has 0 fully saturated rings. The highest BCUT2D eigenvalue weighted by atomic mass is 16.5. The van der Waals surface area contributed by atoms with Crippen LogP contribution in [0.5, 0.6) is 5.75 Å². The van der Waals surface area contributed by atoms with Crippen LogP contribution in [0.1, 0.15) is 5.56 Å². The molecule has 0 aliphatic carbocycles. The van der Waals surface area contributed by atoms with Crippen LogP contribution in [0.2, 0.25) is 0 Å². The molecule has 0 saturated carbocycles. The van der Waals surface area contributed by atoms with Gasteiger partial charge in [-0.3, -0.25) is 0 Å². The van der Waals surface area contributed by atoms with E-state index in [9.17, 15) is 4.79 Å². The second-order valence-corrected chi connectivity index (χ2v) is 4.15. The Balaban J connectivity index is 2.03. The first-order valence-corrected chi connectivity index (χ1v) is 5.97. The van der Waals surface area contributed by atoms with Crippen molar-refractivity contribution in [2.24, 2.45) is 0 Å². The number of hydrogen-bond acceptors (Lipinski definition) is 2. The van der Waals surface area contributed by atoms with E-state index < -0.39 is 0 Å². The molecule has 0 aliphatic heterocycles. The molecule has 2 aromatic carbocycles. The van der Waals surface area contributed by atoms with Crippen LogP contribution in [-0.2, 0) is 0 Å². The van der Waals surface area contributed by atoms with Crippen molar-refractivity contribution in [3.63, 3.8) is 0 Å². The summed E-state index contributed by atoms with van der Waals surface area (Å²) in [4.78, 5) is 11.9. The molecular formula is C15H16N2O2. The number of urea groups is 1. The third kappa shape index (κ3) is 3.48. The zero-order valence-corrected chi connectivity index (χ0v) is 10.9. The number of rotatable bonds is 3. The summed E-state index contributed by atoms with van der Waals surface area (Å²) in [5, 5.41) is 5.51. The van der Waals surface area contributed by atoms with Crippen LogP contribution in [-0.4, -0.2) is 13.1 Å². The number of nitrogens with one attached hydrogen (secondary N) is 2. The van der Waals surface area contributed by atoms with Crippen LogP contribution >= 0.6 is 0 Å². The number of aryl methyl sites for hydroxylation is 1. The van der Waals surface area contributed by atoms with E-state index >= 15 is 0 Å². The summed E-state index contributed by atoms with van der Waals surface area (Å²) in [6.07, 6.45) is 0. The van der Waals surface area contributed by atoms with Crippen LogP contribution in [0.4, 0.5) is 16.2 Å². The van der Waals surface area contributed by atoms with Crippen molar-refractivity contribution in [1.29, 1.82) is 0 Å². The number of benzene rings is 2. The van der Waals surface area contributed by atoms with Gasteiger partial charge in [0.15, 0.2) is 0 Å². The highest BCUT2D eigenvalue weighted by Gasteiger charge is 2.06. The van der Waals surface area contributed by atoms with Gasteiger partial charge in [0.25, 0.3) is 0 Å². The Hall–Kier alpha value is -2.49. The molecule has 98 valence electrons. The second-order valence-electron chi connectivity index (χ2n) is 4.15. The maximum atomic E-state index is 11.9. The minimum Gasteiger partial charge on any atom is -0.495 e. The fraction of sp³-hybridized carbons (Fsp3) is 0.133. The van der Waals surface area contributed by atoms with Crippen molar-refractivity contribution < 1.29 is 9.53 Å². The van der Waals surface area contributed by atoms with Crippen LogP contribution in [0.3, 0.4) is 0 Å². The van der Waals surface area contributed by atoms with E-state index in [2.05, 4.69) is 10.6 Å². The molecule has 0 unspecified atom stereocenters. The molecule has 0 bridgehead atoms. The average molecular weight is 256 g/mol. The minimum absolute atomic E-state index is 0.298. The van der Waals surface area contributed by atoms with Crippen LogP contribution in [0.25, 0.3) is 0 Å². The summed E-state index contributed by atoms with van der Waals surface area (Å²) in [6, 6.07) is 14.6. The van der Waals surface area contributed by atoms with Gasteiger partial charge in [0.1, 0.15) is 5.75 Å². The topological polar surface area (TPSA) is 50.4 Å². The SMILES string of the molecule is COc1ccccc1NC(=O)Nc1ccc(C)cc1. The zero-order chi connectivity index (χ0) is 13.7. The standard InChI is InChI=1S/C15H16N2O2/c1-11-7-9-12(10-8-11)16-15(18)17-13-5-3-4-6-14(13)19-2/h3-10H,1-2H3,(H2,16,17,18). The van der Waals surface area contributed by atoms with E-state index in [0.717, 1.165) is 11.3 Å². The fourth-order valence-electron chi connectivity index (χ4n) is 1.67. The molecule has 0 heterocycles. The first kappa shape index (κ1) is 13.0. The summed E-state index contributed by atoms with van der Waals surface area (Å²) in [7, 11) is 1.57. The van der Waals surface area contributed by atoms with E-state index in [0.29, 0.717) is 11.4 Å². The molecule has 0 aliphatic rings. The van der Waals surface area contributed by atoms with Gasteiger partial charge in [-0.15, -0.1) is 0 Å². The van der Waals surface area contributed by atoms with Gasteiger partial charge in [-0.25, -0.2) is 4.79 Å². The van der Waals surface area contributed by atoms with E-state index in [1.807, 2.05) is 43.3 Å². The molecule has 4 nitrogen and oxygen atoms in total. The molecule has 0 radical (unpaired) electrons. The van der Waals surface area contributed by atoms with Gasteiger partial charge < -0.3 is 15.4 Å². The highest BCUT2D eigenvalue weighted by Crippen LogP contribution is 2.23. The Morgan fingerprint density at radius 2 is 1.68 bits per heavy atom.